The molecule has 0 atom stereocenters. The van der Waals surface area contributed by atoms with Gasteiger partial charge in [-0.25, -0.2) is 9.97 Å². The van der Waals surface area contributed by atoms with E-state index < -0.39 is 0 Å². The van der Waals surface area contributed by atoms with Gasteiger partial charge in [-0.3, -0.25) is 0 Å². The molecule has 0 amide bonds. The average molecular weight is 332 g/mol. The van der Waals surface area contributed by atoms with Gasteiger partial charge < -0.3 is 0 Å². The summed E-state index contributed by atoms with van der Waals surface area (Å²) in [5.41, 5.74) is 3.22. The zero-order valence-corrected chi connectivity index (χ0v) is 12.4. The first-order valence-electron chi connectivity index (χ1n) is 4.94. The molecule has 0 aliphatic heterocycles. The van der Waals surface area contributed by atoms with E-state index in [9.17, 15) is 0 Å². The summed E-state index contributed by atoms with van der Waals surface area (Å²) in [5.74, 6) is 0.537. The summed E-state index contributed by atoms with van der Waals surface area (Å²) < 4.78 is 0.522. The SMILES string of the molecule is Cc1cc(C)cc(-c2nc(Cl)c(Br)c(Cl)n2)c1. The number of aromatic nitrogens is 2. The van der Waals surface area contributed by atoms with Crippen LogP contribution in [-0.2, 0) is 0 Å². The summed E-state index contributed by atoms with van der Waals surface area (Å²) in [4.78, 5) is 8.42. The third-order valence-corrected chi connectivity index (χ3v) is 4.00. The summed E-state index contributed by atoms with van der Waals surface area (Å²) >= 11 is 15.2. The van der Waals surface area contributed by atoms with E-state index in [-0.39, 0.29) is 0 Å². The van der Waals surface area contributed by atoms with Crippen molar-refractivity contribution in [2.24, 2.45) is 0 Å². The van der Waals surface area contributed by atoms with E-state index in [1.165, 1.54) is 0 Å². The Morgan fingerprint density at radius 1 is 0.941 bits per heavy atom. The molecule has 0 spiro atoms. The van der Waals surface area contributed by atoms with Crippen LogP contribution in [0.1, 0.15) is 11.1 Å². The first kappa shape index (κ1) is 12.8. The van der Waals surface area contributed by atoms with Crippen molar-refractivity contribution in [2.75, 3.05) is 0 Å². The highest BCUT2D eigenvalue weighted by atomic mass is 79.9. The number of hydrogen-bond donors (Lipinski definition) is 0. The van der Waals surface area contributed by atoms with Gasteiger partial charge in [0.25, 0.3) is 0 Å². The molecule has 0 aliphatic carbocycles. The highest BCUT2D eigenvalue weighted by Crippen LogP contribution is 2.30. The molecule has 0 saturated carbocycles. The molecule has 0 unspecified atom stereocenters. The van der Waals surface area contributed by atoms with Crippen molar-refractivity contribution in [1.82, 2.24) is 9.97 Å². The van der Waals surface area contributed by atoms with Crippen molar-refractivity contribution in [3.63, 3.8) is 0 Å². The molecule has 2 nitrogen and oxygen atoms in total. The Bertz CT molecular complexity index is 541. The number of halogens is 3. The van der Waals surface area contributed by atoms with Crippen LogP contribution in [0.15, 0.2) is 22.7 Å². The second kappa shape index (κ2) is 4.92. The monoisotopic (exact) mass is 330 g/mol. The van der Waals surface area contributed by atoms with Gasteiger partial charge in [-0.05, 0) is 41.9 Å². The van der Waals surface area contributed by atoms with Crippen LogP contribution in [0.3, 0.4) is 0 Å². The van der Waals surface area contributed by atoms with E-state index in [1.54, 1.807) is 0 Å². The molecule has 2 aromatic rings. The minimum Gasteiger partial charge on any atom is -0.215 e. The van der Waals surface area contributed by atoms with E-state index in [1.807, 2.05) is 26.0 Å². The second-order valence-corrected chi connectivity index (χ2v) is 5.33. The van der Waals surface area contributed by atoms with Gasteiger partial charge >= 0.3 is 0 Å². The van der Waals surface area contributed by atoms with Gasteiger partial charge in [0, 0.05) is 5.56 Å². The number of rotatable bonds is 1. The summed E-state index contributed by atoms with van der Waals surface area (Å²) in [7, 11) is 0. The smallest absolute Gasteiger partial charge is 0.162 e. The Balaban J connectivity index is 2.60. The van der Waals surface area contributed by atoms with E-state index in [0.717, 1.165) is 16.7 Å². The number of nitrogens with zero attached hydrogens (tertiary/aromatic N) is 2. The number of aryl methyl sites for hydroxylation is 2. The van der Waals surface area contributed by atoms with E-state index >= 15 is 0 Å². The van der Waals surface area contributed by atoms with Gasteiger partial charge in [0.05, 0.1) is 4.47 Å². The van der Waals surface area contributed by atoms with Crippen molar-refractivity contribution in [3.8, 4) is 11.4 Å². The van der Waals surface area contributed by atoms with Gasteiger partial charge in [-0.2, -0.15) is 0 Å². The molecule has 2 rings (SSSR count). The maximum atomic E-state index is 5.97. The quantitative estimate of drug-likeness (QED) is 0.699. The molecule has 0 saturated heterocycles. The van der Waals surface area contributed by atoms with Crippen LogP contribution in [-0.4, -0.2) is 9.97 Å². The lowest BCUT2D eigenvalue weighted by Crippen LogP contribution is -1.93. The summed E-state index contributed by atoms with van der Waals surface area (Å²) in [6, 6.07) is 6.09. The molecule has 1 aromatic heterocycles. The minimum absolute atomic E-state index is 0.319. The average Bonchev–Trinajstić information content (AvgIpc) is 2.23. The molecule has 0 fully saturated rings. The Morgan fingerprint density at radius 3 is 1.88 bits per heavy atom. The van der Waals surface area contributed by atoms with Crippen LogP contribution in [0.25, 0.3) is 11.4 Å². The molecule has 0 N–H and O–H groups in total. The standard InChI is InChI=1S/C12H9BrCl2N2/c1-6-3-7(2)5-8(4-6)12-16-10(14)9(13)11(15)17-12/h3-5H,1-2H3. The predicted molar refractivity (Wildman–Crippen MR) is 74.7 cm³/mol. The fraction of sp³-hybridized carbons (Fsp3) is 0.167. The Hall–Kier alpha value is -0.640. The third-order valence-electron chi connectivity index (χ3n) is 2.25. The van der Waals surface area contributed by atoms with Gasteiger partial charge in [-0.1, -0.05) is 40.4 Å². The topological polar surface area (TPSA) is 25.8 Å². The summed E-state index contributed by atoms with van der Waals surface area (Å²) in [6.45, 7) is 4.05. The highest BCUT2D eigenvalue weighted by Gasteiger charge is 2.10. The largest absolute Gasteiger partial charge is 0.215 e. The normalized spacial score (nSPS) is 10.6. The van der Waals surface area contributed by atoms with Crippen LogP contribution < -0.4 is 0 Å². The Morgan fingerprint density at radius 2 is 1.41 bits per heavy atom. The van der Waals surface area contributed by atoms with Gasteiger partial charge in [0.2, 0.25) is 0 Å². The van der Waals surface area contributed by atoms with Crippen molar-refractivity contribution in [2.45, 2.75) is 13.8 Å². The van der Waals surface area contributed by atoms with E-state index in [2.05, 4.69) is 32.0 Å². The maximum Gasteiger partial charge on any atom is 0.162 e. The van der Waals surface area contributed by atoms with Crippen LogP contribution in [0.2, 0.25) is 10.3 Å². The molecule has 5 heteroatoms. The molecule has 0 radical (unpaired) electrons. The van der Waals surface area contributed by atoms with Crippen LogP contribution in [0, 0.1) is 13.8 Å². The Kier molecular flexibility index (Phi) is 3.71. The molecular formula is C12H9BrCl2N2. The first-order valence-corrected chi connectivity index (χ1v) is 6.49. The lowest BCUT2D eigenvalue weighted by atomic mass is 10.1. The van der Waals surface area contributed by atoms with Crippen LogP contribution >= 0.6 is 39.1 Å². The van der Waals surface area contributed by atoms with Crippen molar-refractivity contribution in [3.05, 3.63) is 44.1 Å². The van der Waals surface area contributed by atoms with Crippen molar-refractivity contribution < 1.29 is 0 Å². The first-order chi connectivity index (χ1) is 7.97. The molecule has 1 aromatic carbocycles. The van der Waals surface area contributed by atoms with Crippen molar-refractivity contribution in [1.29, 1.82) is 0 Å². The number of hydrogen-bond acceptors (Lipinski definition) is 2. The van der Waals surface area contributed by atoms with Crippen LogP contribution in [0.4, 0.5) is 0 Å². The molecule has 1 heterocycles. The maximum absolute atomic E-state index is 5.97. The zero-order chi connectivity index (χ0) is 12.6. The lowest BCUT2D eigenvalue weighted by molar-refractivity contribution is 1.16. The van der Waals surface area contributed by atoms with Gasteiger partial charge in [-0.15, -0.1) is 0 Å². The summed E-state index contributed by atoms with van der Waals surface area (Å²) in [6.07, 6.45) is 0. The van der Waals surface area contributed by atoms with Gasteiger partial charge in [0.15, 0.2) is 5.82 Å². The lowest BCUT2D eigenvalue weighted by Gasteiger charge is -2.06. The molecular weight excluding hydrogens is 323 g/mol. The fourth-order valence-electron chi connectivity index (χ4n) is 1.63. The van der Waals surface area contributed by atoms with E-state index in [4.69, 9.17) is 23.2 Å². The molecule has 17 heavy (non-hydrogen) atoms. The number of benzene rings is 1. The Labute approximate surface area is 118 Å². The molecule has 0 aliphatic rings. The summed E-state index contributed by atoms with van der Waals surface area (Å²) in [5, 5.41) is 0.637. The van der Waals surface area contributed by atoms with Gasteiger partial charge in [0.1, 0.15) is 10.3 Å². The zero-order valence-electron chi connectivity index (χ0n) is 9.26. The van der Waals surface area contributed by atoms with Crippen LogP contribution in [0.5, 0.6) is 0 Å². The predicted octanol–water partition coefficient (Wildman–Crippen LogP) is 4.83. The molecule has 0 bridgehead atoms. The van der Waals surface area contributed by atoms with Crippen molar-refractivity contribution >= 4 is 39.1 Å². The minimum atomic E-state index is 0.319. The molecule has 88 valence electrons. The highest BCUT2D eigenvalue weighted by molar-refractivity contribution is 9.10. The van der Waals surface area contributed by atoms with E-state index in [0.29, 0.717) is 20.6 Å². The second-order valence-electron chi connectivity index (χ2n) is 3.82. The fourth-order valence-corrected chi connectivity index (χ4v) is 2.19. The third kappa shape index (κ3) is 2.79.